The Labute approximate surface area is 125 Å². The van der Waals surface area contributed by atoms with Gasteiger partial charge in [0.15, 0.2) is 0 Å². The van der Waals surface area contributed by atoms with Gasteiger partial charge in [0.05, 0.1) is 28.1 Å². The number of hydrogen-bond donors (Lipinski definition) is 1. The molecule has 0 aliphatic carbocycles. The highest BCUT2D eigenvalue weighted by molar-refractivity contribution is 7.14. The number of hydrogen-bond acceptors (Lipinski definition) is 5. The molecule has 1 unspecified atom stereocenters. The van der Waals surface area contributed by atoms with E-state index in [2.05, 4.69) is 5.32 Å². The lowest BCUT2D eigenvalue weighted by molar-refractivity contribution is -0.384. The lowest BCUT2D eigenvalue weighted by Crippen LogP contribution is -2.07. The van der Waals surface area contributed by atoms with Gasteiger partial charge in [-0.1, -0.05) is 11.6 Å². The topological polar surface area (TPSA) is 64.4 Å². The molecule has 5 nitrogen and oxygen atoms in total. The first-order valence-corrected chi connectivity index (χ1v) is 7.10. The summed E-state index contributed by atoms with van der Waals surface area (Å²) in [6.07, 6.45) is 0. The van der Waals surface area contributed by atoms with Crippen molar-refractivity contribution in [3.8, 4) is 5.75 Å². The van der Waals surface area contributed by atoms with Gasteiger partial charge in [-0.3, -0.25) is 10.1 Å². The maximum atomic E-state index is 10.7. The minimum atomic E-state index is -0.450. The quantitative estimate of drug-likeness (QED) is 0.652. The summed E-state index contributed by atoms with van der Waals surface area (Å²) < 4.78 is 5.91. The van der Waals surface area contributed by atoms with Gasteiger partial charge >= 0.3 is 0 Å². The van der Waals surface area contributed by atoms with Crippen LogP contribution in [0.1, 0.15) is 18.5 Å². The van der Waals surface area contributed by atoms with Crippen molar-refractivity contribution in [3.05, 3.63) is 49.7 Å². The van der Waals surface area contributed by atoms with E-state index in [1.807, 2.05) is 18.4 Å². The number of nitrogens with zero attached hydrogens (tertiary/aromatic N) is 1. The standard InChI is InChI=1S/C13H13ClN2O3S/c1-8(9-5-13(14)20-7-9)15-11-4-3-10(16(17)18)6-12(11)19-2/h3-8,15H,1-2H3. The Kier molecular flexibility index (Phi) is 4.46. The van der Waals surface area contributed by atoms with Crippen LogP contribution in [0.2, 0.25) is 4.34 Å². The van der Waals surface area contributed by atoms with Gasteiger partial charge in [0.2, 0.25) is 0 Å². The number of thiophene rings is 1. The summed E-state index contributed by atoms with van der Waals surface area (Å²) in [5.74, 6) is 0.437. The van der Waals surface area contributed by atoms with Gasteiger partial charge in [-0.2, -0.15) is 0 Å². The number of nitrogens with one attached hydrogen (secondary N) is 1. The lowest BCUT2D eigenvalue weighted by Gasteiger charge is -2.16. The Hall–Kier alpha value is -1.79. The molecule has 0 spiro atoms. The fraction of sp³-hybridized carbons (Fsp3) is 0.231. The molecule has 1 atom stereocenters. The SMILES string of the molecule is COc1cc([N+](=O)[O-])ccc1NC(C)c1csc(Cl)c1. The van der Waals surface area contributed by atoms with Gasteiger partial charge in [-0.15, -0.1) is 11.3 Å². The first kappa shape index (κ1) is 14.6. The van der Waals surface area contributed by atoms with Crippen molar-refractivity contribution in [2.24, 2.45) is 0 Å². The summed E-state index contributed by atoms with van der Waals surface area (Å²) in [5.41, 5.74) is 1.76. The van der Waals surface area contributed by atoms with E-state index in [4.69, 9.17) is 16.3 Å². The minimum Gasteiger partial charge on any atom is -0.494 e. The third-order valence-corrected chi connectivity index (χ3v) is 3.97. The van der Waals surface area contributed by atoms with Crippen molar-refractivity contribution >= 4 is 34.3 Å². The van der Waals surface area contributed by atoms with E-state index in [-0.39, 0.29) is 11.7 Å². The number of anilines is 1. The normalized spacial score (nSPS) is 11.9. The van der Waals surface area contributed by atoms with Crippen LogP contribution >= 0.6 is 22.9 Å². The van der Waals surface area contributed by atoms with Crippen LogP contribution in [-0.4, -0.2) is 12.0 Å². The van der Waals surface area contributed by atoms with E-state index in [0.29, 0.717) is 11.4 Å². The van der Waals surface area contributed by atoms with E-state index in [9.17, 15) is 10.1 Å². The third kappa shape index (κ3) is 3.20. The number of methoxy groups -OCH3 is 1. The fourth-order valence-electron chi connectivity index (χ4n) is 1.78. The molecule has 0 radical (unpaired) electrons. The largest absolute Gasteiger partial charge is 0.494 e. The Balaban J connectivity index is 2.22. The number of ether oxygens (including phenoxy) is 1. The monoisotopic (exact) mass is 312 g/mol. The second-order valence-corrected chi connectivity index (χ2v) is 5.73. The second kappa shape index (κ2) is 6.11. The van der Waals surface area contributed by atoms with Crippen molar-refractivity contribution in [1.82, 2.24) is 0 Å². The first-order valence-electron chi connectivity index (χ1n) is 5.84. The fourth-order valence-corrected chi connectivity index (χ4v) is 2.76. The van der Waals surface area contributed by atoms with Crippen molar-refractivity contribution in [2.45, 2.75) is 13.0 Å². The summed E-state index contributed by atoms with van der Waals surface area (Å²) in [5, 5.41) is 16.0. The molecule has 1 aromatic heterocycles. The highest BCUT2D eigenvalue weighted by Crippen LogP contribution is 2.33. The van der Waals surface area contributed by atoms with Crippen LogP contribution in [0.4, 0.5) is 11.4 Å². The molecule has 7 heteroatoms. The number of nitro benzene ring substituents is 1. The highest BCUT2D eigenvalue weighted by atomic mass is 35.5. The first-order chi connectivity index (χ1) is 9.51. The molecule has 0 saturated carbocycles. The van der Waals surface area contributed by atoms with Gasteiger partial charge in [0.1, 0.15) is 5.75 Å². The lowest BCUT2D eigenvalue weighted by atomic mass is 10.1. The van der Waals surface area contributed by atoms with Crippen LogP contribution in [0.3, 0.4) is 0 Å². The molecular formula is C13H13ClN2O3S. The maximum absolute atomic E-state index is 10.7. The van der Waals surface area contributed by atoms with Gasteiger partial charge in [-0.05, 0) is 30.0 Å². The van der Waals surface area contributed by atoms with E-state index in [0.717, 1.165) is 9.90 Å². The van der Waals surface area contributed by atoms with E-state index < -0.39 is 4.92 Å². The van der Waals surface area contributed by atoms with Gasteiger partial charge in [0.25, 0.3) is 5.69 Å². The van der Waals surface area contributed by atoms with Crippen molar-refractivity contribution < 1.29 is 9.66 Å². The summed E-state index contributed by atoms with van der Waals surface area (Å²) in [7, 11) is 1.48. The predicted octanol–water partition coefficient (Wildman–Crippen LogP) is 4.49. The summed E-state index contributed by atoms with van der Waals surface area (Å²) in [4.78, 5) is 10.3. The van der Waals surface area contributed by atoms with Gasteiger partial charge < -0.3 is 10.1 Å². The molecule has 20 heavy (non-hydrogen) atoms. The maximum Gasteiger partial charge on any atom is 0.273 e. The minimum absolute atomic E-state index is 0.00127. The molecule has 2 rings (SSSR count). The van der Waals surface area contributed by atoms with Crippen molar-refractivity contribution in [1.29, 1.82) is 0 Å². The van der Waals surface area contributed by atoms with Crippen molar-refractivity contribution in [3.63, 3.8) is 0 Å². The smallest absolute Gasteiger partial charge is 0.273 e. The van der Waals surface area contributed by atoms with E-state index in [1.165, 1.54) is 30.6 Å². The summed E-state index contributed by atoms with van der Waals surface area (Å²) in [6, 6.07) is 6.39. The van der Waals surface area contributed by atoms with Gasteiger partial charge in [-0.25, -0.2) is 0 Å². The second-order valence-electron chi connectivity index (χ2n) is 4.19. The van der Waals surface area contributed by atoms with Crippen LogP contribution < -0.4 is 10.1 Å². The Morgan fingerprint density at radius 2 is 2.20 bits per heavy atom. The van der Waals surface area contributed by atoms with Crippen LogP contribution in [0, 0.1) is 10.1 Å². The third-order valence-electron chi connectivity index (χ3n) is 2.86. The van der Waals surface area contributed by atoms with E-state index >= 15 is 0 Å². The Morgan fingerprint density at radius 1 is 1.45 bits per heavy atom. The Bertz CT molecular complexity index is 630. The zero-order valence-electron chi connectivity index (χ0n) is 10.9. The number of halogens is 1. The number of non-ortho nitro benzene ring substituents is 1. The van der Waals surface area contributed by atoms with Crippen LogP contribution in [0.25, 0.3) is 0 Å². The molecule has 0 aliphatic heterocycles. The molecule has 2 aromatic rings. The molecular weight excluding hydrogens is 300 g/mol. The average molecular weight is 313 g/mol. The Morgan fingerprint density at radius 3 is 2.75 bits per heavy atom. The highest BCUT2D eigenvalue weighted by Gasteiger charge is 2.14. The molecule has 1 aromatic carbocycles. The molecule has 0 aliphatic rings. The molecule has 0 saturated heterocycles. The molecule has 1 N–H and O–H groups in total. The summed E-state index contributed by atoms with van der Waals surface area (Å²) in [6.45, 7) is 1.99. The number of rotatable bonds is 5. The van der Waals surface area contributed by atoms with E-state index in [1.54, 1.807) is 6.07 Å². The predicted molar refractivity (Wildman–Crippen MR) is 81.0 cm³/mol. The molecule has 0 bridgehead atoms. The molecule has 106 valence electrons. The van der Waals surface area contributed by atoms with Crippen LogP contribution in [-0.2, 0) is 0 Å². The van der Waals surface area contributed by atoms with Crippen molar-refractivity contribution in [2.75, 3.05) is 12.4 Å². The summed E-state index contributed by atoms with van der Waals surface area (Å²) >= 11 is 7.38. The molecule has 1 heterocycles. The number of nitro groups is 1. The van der Waals surface area contributed by atoms with Crippen LogP contribution in [0.15, 0.2) is 29.6 Å². The molecule has 0 fully saturated rings. The van der Waals surface area contributed by atoms with Crippen LogP contribution in [0.5, 0.6) is 5.75 Å². The zero-order valence-corrected chi connectivity index (χ0v) is 12.5. The number of benzene rings is 1. The zero-order chi connectivity index (χ0) is 14.7. The molecule has 0 amide bonds. The average Bonchev–Trinajstić information content (AvgIpc) is 2.85. The van der Waals surface area contributed by atoms with Gasteiger partial charge in [0, 0.05) is 12.1 Å².